The molecule has 3 rings (SSSR count). The molecule has 6 heteroatoms. The molecule has 0 radical (unpaired) electrons. The fraction of sp³-hybridized carbons (Fsp3) is 0.556. The Morgan fingerprint density at radius 3 is 2.79 bits per heavy atom. The van der Waals surface area contributed by atoms with Gasteiger partial charge in [0.1, 0.15) is 6.04 Å². The van der Waals surface area contributed by atoms with Crippen LogP contribution < -0.4 is 16.0 Å². The number of nitrogens with one attached hydrogen (secondary N) is 3. The third-order valence-electron chi connectivity index (χ3n) is 4.97. The van der Waals surface area contributed by atoms with Crippen LogP contribution in [0.15, 0.2) is 24.3 Å². The Hall–Kier alpha value is -2.08. The van der Waals surface area contributed by atoms with Gasteiger partial charge in [0.15, 0.2) is 0 Å². The van der Waals surface area contributed by atoms with E-state index in [4.69, 9.17) is 0 Å². The minimum atomic E-state index is -0.480. The van der Waals surface area contributed by atoms with Crippen molar-refractivity contribution in [1.29, 1.82) is 0 Å². The number of carbonyl (C=O) groups excluding carboxylic acids is 2. The van der Waals surface area contributed by atoms with E-state index in [1.807, 2.05) is 6.07 Å². The van der Waals surface area contributed by atoms with Gasteiger partial charge < -0.3 is 16.0 Å². The lowest BCUT2D eigenvalue weighted by molar-refractivity contribution is -0.122. The quantitative estimate of drug-likeness (QED) is 0.763. The average molecular weight is 330 g/mol. The van der Waals surface area contributed by atoms with Crippen LogP contribution in [0.5, 0.6) is 0 Å². The number of benzene rings is 1. The molecule has 2 saturated heterocycles. The van der Waals surface area contributed by atoms with Crippen LogP contribution in [-0.4, -0.2) is 42.0 Å². The van der Waals surface area contributed by atoms with E-state index in [0.717, 1.165) is 18.7 Å². The molecule has 2 heterocycles. The van der Waals surface area contributed by atoms with E-state index in [1.165, 1.54) is 24.8 Å². The van der Waals surface area contributed by atoms with Gasteiger partial charge in [-0.25, -0.2) is 4.79 Å². The lowest BCUT2D eigenvalue weighted by atomic mass is 10.0. The fourth-order valence-corrected chi connectivity index (χ4v) is 3.41. The van der Waals surface area contributed by atoms with Crippen molar-refractivity contribution < 1.29 is 9.59 Å². The Labute approximate surface area is 143 Å². The molecule has 3 N–H and O–H groups in total. The van der Waals surface area contributed by atoms with Gasteiger partial charge in [-0.2, -0.15) is 0 Å². The Bertz CT molecular complexity index is 604. The lowest BCUT2D eigenvalue weighted by Gasteiger charge is -2.33. The topological polar surface area (TPSA) is 73.5 Å². The summed E-state index contributed by atoms with van der Waals surface area (Å²) >= 11 is 0. The van der Waals surface area contributed by atoms with E-state index < -0.39 is 6.04 Å². The highest BCUT2D eigenvalue weighted by molar-refractivity contribution is 5.90. The summed E-state index contributed by atoms with van der Waals surface area (Å²) in [4.78, 5) is 25.8. The molecule has 1 aromatic carbocycles. The second-order valence-corrected chi connectivity index (χ2v) is 6.71. The number of hydrogen-bond donors (Lipinski definition) is 3. The highest BCUT2D eigenvalue weighted by Crippen LogP contribution is 2.20. The minimum absolute atomic E-state index is 0.144. The van der Waals surface area contributed by atoms with E-state index in [0.29, 0.717) is 19.1 Å². The molecule has 2 aliphatic heterocycles. The minimum Gasteiger partial charge on any atom is -0.350 e. The van der Waals surface area contributed by atoms with Crippen LogP contribution in [0.1, 0.15) is 37.3 Å². The second-order valence-electron chi connectivity index (χ2n) is 6.71. The molecule has 1 aromatic rings. The van der Waals surface area contributed by atoms with Crippen molar-refractivity contribution in [3.63, 3.8) is 0 Å². The number of amides is 3. The predicted molar refractivity (Wildman–Crippen MR) is 92.3 cm³/mol. The summed E-state index contributed by atoms with van der Waals surface area (Å²) in [6.07, 6.45) is 3.83. The highest BCUT2D eigenvalue weighted by Gasteiger charge is 2.26. The average Bonchev–Trinajstić information content (AvgIpc) is 3.02. The first-order valence-electron chi connectivity index (χ1n) is 8.76. The third-order valence-corrected chi connectivity index (χ3v) is 4.97. The number of nitrogens with zero attached hydrogens (tertiary/aromatic N) is 1. The molecule has 24 heavy (non-hydrogen) atoms. The first kappa shape index (κ1) is 16.8. The fourth-order valence-electron chi connectivity index (χ4n) is 3.41. The maximum absolute atomic E-state index is 12.1. The number of piperidine rings is 1. The van der Waals surface area contributed by atoms with Crippen molar-refractivity contribution in [2.75, 3.05) is 13.1 Å². The lowest BCUT2D eigenvalue weighted by Crippen LogP contribution is -2.42. The summed E-state index contributed by atoms with van der Waals surface area (Å²) in [5.74, 6) is -0.144. The third kappa shape index (κ3) is 4.06. The SMILES string of the molecule is C[C@@H]1CCCCN1Cc1ccccc1CNC(=O)[C@H]1CNC(=O)N1. The summed E-state index contributed by atoms with van der Waals surface area (Å²) < 4.78 is 0. The Balaban J connectivity index is 1.59. The van der Waals surface area contributed by atoms with Gasteiger partial charge in [-0.1, -0.05) is 30.7 Å². The molecular formula is C18H26N4O2. The van der Waals surface area contributed by atoms with E-state index >= 15 is 0 Å². The van der Waals surface area contributed by atoms with Crippen molar-refractivity contribution >= 4 is 11.9 Å². The number of hydrogen-bond acceptors (Lipinski definition) is 3. The number of carbonyl (C=O) groups is 2. The van der Waals surface area contributed by atoms with Crippen LogP contribution in [0.4, 0.5) is 4.79 Å². The van der Waals surface area contributed by atoms with Crippen molar-refractivity contribution in [2.24, 2.45) is 0 Å². The van der Waals surface area contributed by atoms with Crippen molar-refractivity contribution in [1.82, 2.24) is 20.9 Å². The summed E-state index contributed by atoms with van der Waals surface area (Å²) in [6.45, 7) is 5.19. The second kappa shape index (κ2) is 7.66. The Morgan fingerprint density at radius 1 is 1.29 bits per heavy atom. The van der Waals surface area contributed by atoms with Gasteiger partial charge in [0.05, 0.1) is 0 Å². The summed E-state index contributed by atoms with van der Waals surface area (Å²) in [5.41, 5.74) is 2.40. The number of urea groups is 1. The van der Waals surface area contributed by atoms with Gasteiger partial charge in [-0.05, 0) is 37.4 Å². The van der Waals surface area contributed by atoms with E-state index in [1.54, 1.807) is 0 Å². The van der Waals surface area contributed by atoms with Crippen LogP contribution in [0.2, 0.25) is 0 Å². The van der Waals surface area contributed by atoms with Crippen LogP contribution in [0.25, 0.3) is 0 Å². The van der Waals surface area contributed by atoms with Gasteiger partial charge in [0.2, 0.25) is 5.91 Å². The molecule has 0 unspecified atom stereocenters. The number of likely N-dealkylation sites (tertiary alicyclic amines) is 1. The molecule has 6 nitrogen and oxygen atoms in total. The van der Waals surface area contributed by atoms with E-state index in [-0.39, 0.29) is 11.9 Å². The standard InChI is InChI=1S/C18H26N4O2/c1-13-6-4-5-9-22(13)12-15-8-3-2-7-14(15)10-19-17(23)16-11-20-18(24)21-16/h2-3,7-8,13,16H,4-6,9-12H2,1H3,(H,19,23)(H2,20,21,24)/t13-,16-/m1/s1. The zero-order valence-electron chi connectivity index (χ0n) is 14.2. The first-order chi connectivity index (χ1) is 11.6. The normalized spacial score (nSPS) is 24.3. The summed E-state index contributed by atoms with van der Waals surface area (Å²) in [5, 5.41) is 8.15. The smallest absolute Gasteiger partial charge is 0.315 e. The maximum atomic E-state index is 12.1. The van der Waals surface area contributed by atoms with E-state index in [2.05, 4.69) is 46.0 Å². The van der Waals surface area contributed by atoms with Gasteiger partial charge in [-0.15, -0.1) is 0 Å². The van der Waals surface area contributed by atoms with Gasteiger partial charge in [0, 0.05) is 25.7 Å². The van der Waals surface area contributed by atoms with Crippen molar-refractivity contribution in [3.05, 3.63) is 35.4 Å². The van der Waals surface area contributed by atoms with Crippen molar-refractivity contribution in [3.8, 4) is 0 Å². The Kier molecular flexibility index (Phi) is 5.35. The molecule has 3 amide bonds. The van der Waals surface area contributed by atoms with Gasteiger partial charge in [-0.3, -0.25) is 9.69 Å². The highest BCUT2D eigenvalue weighted by atomic mass is 16.2. The molecule has 130 valence electrons. The van der Waals surface area contributed by atoms with Crippen LogP contribution in [0, 0.1) is 0 Å². The van der Waals surface area contributed by atoms with E-state index in [9.17, 15) is 9.59 Å². The Morgan fingerprint density at radius 2 is 2.08 bits per heavy atom. The molecule has 0 aromatic heterocycles. The molecular weight excluding hydrogens is 304 g/mol. The zero-order valence-corrected chi connectivity index (χ0v) is 14.2. The summed E-state index contributed by atoms with van der Waals surface area (Å²) in [6, 6.07) is 8.11. The van der Waals surface area contributed by atoms with Gasteiger partial charge in [0.25, 0.3) is 0 Å². The summed E-state index contributed by atoms with van der Waals surface area (Å²) in [7, 11) is 0. The first-order valence-corrected chi connectivity index (χ1v) is 8.76. The molecule has 0 saturated carbocycles. The van der Waals surface area contributed by atoms with Crippen LogP contribution >= 0.6 is 0 Å². The molecule has 0 bridgehead atoms. The van der Waals surface area contributed by atoms with Crippen molar-refractivity contribution in [2.45, 2.75) is 51.4 Å². The predicted octanol–water partition coefficient (Wildman–Crippen LogP) is 1.36. The largest absolute Gasteiger partial charge is 0.350 e. The zero-order chi connectivity index (χ0) is 16.9. The monoisotopic (exact) mass is 330 g/mol. The van der Waals surface area contributed by atoms with Crippen LogP contribution in [0.3, 0.4) is 0 Å². The molecule has 2 aliphatic rings. The number of rotatable bonds is 5. The molecule has 2 atom stereocenters. The van der Waals surface area contributed by atoms with Gasteiger partial charge >= 0.3 is 6.03 Å². The molecule has 0 aliphatic carbocycles. The maximum Gasteiger partial charge on any atom is 0.315 e. The molecule has 0 spiro atoms. The molecule has 2 fully saturated rings. The van der Waals surface area contributed by atoms with Crippen LogP contribution in [-0.2, 0) is 17.9 Å².